The van der Waals surface area contributed by atoms with Crippen LogP contribution in [0.2, 0.25) is 0 Å². The number of hydrogen-bond donors (Lipinski definition) is 1. The van der Waals surface area contributed by atoms with Crippen LogP contribution in [-0.4, -0.2) is 70.5 Å². The van der Waals surface area contributed by atoms with Crippen LogP contribution < -0.4 is 15.0 Å². The van der Waals surface area contributed by atoms with E-state index in [1.165, 1.54) is 31.4 Å². The summed E-state index contributed by atoms with van der Waals surface area (Å²) >= 11 is 0. The third-order valence-electron chi connectivity index (χ3n) is 5.48. The molecule has 0 radical (unpaired) electrons. The van der Waals surface area contributed by atoms with Gasteiger partial charge in [-0.3, -0.25) is 4.99 Å². The second-order valence-electron chi connectivity index (χ2n) is 7.25. The summed E-state index contributed by atoms with van der Waals surface area (Å²) in [6.07, 6.45) is 6.67. The molecular weight excluding hydrogens is 467 g/mol. The number of anilines is 1. The van der Waals surface area contributed by atoms with Gasteiger partial charge < -0.3 is 24.6 Å². The first kappa shape index (κ1) is 23.1. The van der Waals surface area contributed by atoms with Gasteiger partial charge in [-0.25, -0.2) is 0 Å². The van der Waals surface area contributed by atoms with Crippen molar-refractivity contribution in [3.63, 3.8) is 0 Å². The Balaban J connectivity index is 0.00000280. The van der Waals surface area contributed by atoms with Crippen LogP contribution in [0.25, 0.3) is 0 Å². The van der Waals surface area contributed by atoms with Crippen molar-refractivity contribution in [1.29, 1.82) is 0 Å². The van der Waals surface area contributed by atoms with Crippen molar-refractivity contribution < 1.29 is 9.47 Å². The fraction of sp³-hybridized carbons (Fsp3) is 0.667. The van der Waals surface area contributed by atoms with Crippen molar-refractivity contribution in [1.82, 2.24) is 10.2 Å². The van der Waals surface area contributed by atoms with Gasteiger partial charge in [-0.15, -0.1) is 24.0 Å². The molecule has 3 rings (SSSR count). The molecule has 1 aromatic carbocycles. The number of aliphatic imine (C=N–C) groups is 1. The maximum absolute atomic E-state index is 5.94. The highest BCUT2D eigenvalue weighted by Gasteiger charge is 2.21. The molecule has 1 aliphatic carbocycles. The normalized spacial score (nSPS) is 18.1. The van der Waals surface area contributed by atoms with E-state index in [0.717, 1.165) is 57.5 Å². The molecule has 6 nitrogen and oxygen atoms in total. The molecule has 1 aliphatic heterocycles. The van der Waals surface area contributed by atoms with E-state index in [1.807, 2.05) is 19.2 Å². The van der Waals surface area contributed by atoms with Crippen LogP contribution in [-0.2, 0) is 4.74 Å². The fourth-order valence-electron chi connectivity index (χ4n) is 3.96. The summed E-state index contributed by atoms with van der Waals surface area (Å²) in [7, 11) is 3.60. The van der Waals surface area contributed by atoms with E-state index in [2.05, 4.69) is 32.2 Å². The van der Waals surface area contributed by atoms with E-state index in [0.29, 0.717) is 6.10 Å². The van der Waals surface area contributed by atoms with Crippen molar-refractivity contribution in [3.8, 4) is 5.75 Å². The first-order chi connectivity index (χ1) is 13.3. The molecule has 0 spiro atoms. The first-order valence-electron chi connectivity index (χ1n) is 10.3. The minimum absolute atomic E-state index is 0. The van der Waals surface area contributed by atoms with Crippen molar-refractivity contribution in [2.75, 3.05) is 58.4 Å². The number of methoxy groups -OCH3 is 1. The predicted octanol–water partition coefficient (Wildman–Crippen LogP) is 3.36. The maximum atomic E-state index is 5.94. The molecule has 0 atom stereocenters. The van der Waals surface area contributed by atoms with E-state index in [4.69, 9.17) is 9.47 Å². The van der Waals surface area contributed by atoms with Gasteiger partial charge in [0.25, 0.3) is 0 Å². The van der Waals surface area contributed by atoms with Crippen LogP contribution in [0.3, 0.4) is 0 Å². The zero-order valence-electron chi connectivity index (χ0n) is 17.2. The van der Waals surface area contributed by atoms with Gasteiger partial charge in [0.1, 0.15) is 5.75 Å². The molecular formula is C21H35IN4O2. The summed E-state index contributed by atoms with van der Waals surface area (Å²) in [6.45, 7) is 5.59. The van der Waals surface area contributed by atoms with Crippen molar-refractivity contribution in [2.45, 2.75) is 38.2 Å². The summed E-state index contributed by atoms with van der Waals surface area (Å²) in [5, 5.41) is 3.49. The van der Waals surface area contributed by atoms with Gasteiger partial charge in [0, 0.05) is 46.4 Å². The number of piperazine rings is 1. The molecule has 28 heavy (non-hydrogen) atoms. The molecule has 1 saturated carbocycles. The average Bonchev–Trinajstić information content (AvgIpc) is 3.24. The van der Waals surface area contributed by atoms with Crippen LogP contribution in [0.5, 0.6) is 5.75 Å². The molecule has 0 aromatic heterocycles. The smallest absolute Gasteiger partial charge is 0.193 e. The lowest BCUT2D eigenvalue weighted by molar-refractivity contribution is 0.0573. The SMILES string of the molecule is CN=C(NCCCOC1CCCC1)N1CCN(c2ccccc2OC)CC1.I. The largest absolute Gasteiger partial charge is 0.495 e. The number of para-hydroxylation sites is 2. The summed E-state index contributed by atoms with van der Waals surface area (Å²) in [6, 6.07) is 8.24. The second-order valence-corrected chi connectivity index (χ2v) is 7.25. The highest BCUT2D eigenvalue weighted by molar-refractivity contribution is 14.0. The van der Waals surface area contributed by atoms with E-state index >= 15 is 0 Å². The third-order valence-corrected chi connectivity index (χ3v) is 5.48. The lowest BCUT2D eigenvalue weighted by Gasteiger charge is -2.38. The molecule has 0 bridgehead atoms. The number of nitrogens with zero attached hydrogens (tertiary/aromatic N) is 3. The van der Waals surface area contributed by atoms with E-state index in [9.17, 15) is 0 Å². The van der Waals surface area contributed by atoms with Crippen LogP contribution in [0.1, 0.15) is 32.1 Å². The zero-order chi connectivity index (χ0) is 18.9. The Bertz CT molecular complexity index is 600. The zero-order valence-corrected chi connectivity index (χ0v) is 19.6. The Morgan fingerprint density at radius 1 is 1.14 bits per heavy atom. The molecule has 1 saturated heterocycles. The third kappa shape index (κ3) is 6.40. The van der Waals surface area contributed by atoms with Gasteiger partial charge in [-0.05, 0) is 31.4 Å². The Hall–Kier alpha value is -1.22. The van der Waals surface area contributed by atoms with Gasteiger partial charge in [-0.2, -0.15) is 0 Å². The van der Waals surface area contributed by atoms with Gasteiger partial charge in [0.2, 0.25) is 0 Å². The number of nitrogens with one attached hydrogen (secondary N) is 1. The number of guanidine groups is 1. The number of ether oxygens (including phenoxy) is 2. The predicted molar refractivity (Wildman–Crippen MR) is 126 cm³/mol. The van der Waals surface area contributed by atoms with Crippen molar-refractivity contribution in [3.05, 3.63) is 24.3 Å². The molecule has 0 unspecified atom stereocenters. The molecule has 1 aromatic rings. The molecule has 2 fully saturated rings. The van der Waals surface area contributed by atoms with Crippen molar-refractivity contribution >= 4 is 35.6 Å². The Morgan fingerprint density at radius 3 is 2.54 bits per heavy atom. The summed E-state index contributed by atoms with van der Waals surface area (Å²) in [5.41, 5.74) is 1.17. The minimum Gasteiger partial charge on any atom is -0.495 e. The van der Waals surface area contributed by atoms with Crippen molar-refractivity contribution in [2.24, 2.45) is 4.99 Å². The Labute approximate surface area is 186 Å². The van der Waals surface area contributed by atoms with Crippen LogP contribution >= 0.6 is 24.0 Å². The van der Waals surface area contributed by atoms with E-state index in [-0.39, 0.29) is 24.0 Å². The lowest BCUT2D eigenvalue weighted by Crippen LogP contribution is -2.52. The first-order valence-corrected chi connectivity index (χ1v) is 10.3. The summed E-state index contributed by atoms with van der Waals surface area (Å²) < 4.78 is 11.4. The quantitative estimate of drug-likeness (QED) is 0.268. The minimum atomic E-state index is 0. The lowest BCUT2D eigenvalue weighted by atomic mass is 10.2. The monoisotopic (exact) mass is 502 g/mol. The number of halogens is 1. The molecule has 2 aliphatic rings. The van der Waals surface area contributed by atoms with Crippen LogP contribution in [0.15, 0.2) is 29.3 Å². The topological polar surface area (TPSA) is 49.3 Å². The molecule has 1 heterocycles. The van der Waals surface area contributed by atoms with E-state index in [1.54, 1.807) is 7.11 Å². The van der Waals surface area contributed by atoms with E-state index < -0.39 is 0 Å². The molecule has 158 valence electrons. The summed E-state index contributed by atoms with van der Waals surface area (Å²) in [4.78, 5) is 9.19. The molecule has 0 amide bonds. The number of rotatable bonds is 7. The van der Waals surface area contributed by atoms with Gasteiger partial charge in [0.15, 0.2) is 5.96 Å². The Kier molecular flexibility index (Phi) is 10.2. The van der Waals surface area contributed by atoms with Crippen LogP contribution in [0, 0.1) is 0 Å². The molecule has 7 heteroatoms. The maximum Gasteiger partial charge on any atom is 0.193 e. The standard InChI is InChI=1S/C21H34N4O2.HI/c1-22-21(23-12-7-17-27-18-8-3-4-9-18)25-15-13-24(14-16-25)19-10-5-6-11-20(19)26-2;/h5-6,10-11,18H,3-4,7-9,12-17H2,1-2H3,(H,22,23);1H. The highest BCUT2D eigenvalue weighted by Crippen LogP contribution is 2.28. The highest BCUT2D eigenvalue weighted by atomic mass is 127. The fourth-order valence-corrected chi connectivity index (χ4v) is 3.96. The molecule has 1 N–H and O–H groups in total. The second kappa shape index (κ2) is 12.4. The van der Waals surface area contributed by atoms with Gasteiger partial charge in [0.05, 0.1) is 18.9 Å². The number of hydrogen-bond acceptors (Lipinski definition) is 4. The Morgan fingerprint density at radius 2 is 1.86 bits per heavy atom. The average molecular weight is 502 g/mol. The number of benzene rings is 1. The van der Waals surface area contributed by atoms with Gasteiger partial charge >= 0.3 is 0 Å². The van der Waals surface area contributed by atoms with Gasteiger partial charge in [-0.1, -0.05) is 25.0 Å². The summed E-state index contributed by atoms with van der Waals surface area (Å²) in [5.74, 6) is 1.94. The van der Waals surface area contributed by atoms with Crippen LogP contribution in [0.4, 0.5) is 5.69 Å².